The van der Waals surface area contributed by atoms with Gasteiger partial charge in [0.2, 0.25) is 0 Å². The van der Waals surface area contributed by atoms with Crippen LogP contribution in [0.3, 0.4) is 0 Å². The average molecular weight is 400 g/mol. The first-order valence-electron chi connectivity index (χ1n) is 7.78. The van der Waals surface area contributed by atoms with Crippen molar-refractivity contribution in [2.75, 3.05) is 6.54 Å². The fraction of sp³-hybridized carbons (Fsp3) is 0.278. The lowest BCUT2D eigenvalue weighted by Crippen LogP contribution is -2.25. The first kappa shape index (κ1) is 19.8. The zero-order valence-electron chi connectivity index (χ0n) is 13.9. The molecular formula is C18H19Cl2NO3S. The third kappa shape index (κ3) is 4.97. The van der Waals surface area contributed by atoms with Crippen LogP contribution in [0.15, 0.2) is 47.4 Å². The lowest BCUT2D eigenvalue weighted by molar-refractivity contribution is 0.0954. The van der Waals surface area contributed by atoms with Crippen molar-refractivity contribution in [2.45, 2.75) is 30.4 Å². The summed E-state index contributed by atoms with van der Waals surface area (Å²) in [7, 11) is -3.34. The van der Waals surface area contributed by atoms with Crippen molar-refractivity contribution in [3.63, 3.8) is 0 Å². The normalized spacial score (nSPS) is 11.6. The number of carbonyl (C=O) groups is 1. The summed E-state index contributed by atoms with van der Waals surface area (Å²) in [5, 5.41) is 3.41. The van der Waals surface area contributed by atoms with Crippen molar-refractivity contribution < 1.29 is 13.2 Å². The van der Waals surface area contributed by atoms with Gasteiger partial charge in [0.05, 0.1) is 10.1 Å². The molecule has 2 aromatic rings. The summed E-state index contributed by atoms with van der Waals surface area (Å²) >= 11 is 11.9. The first-order valence-corrected chi connectivity index (χ1v) is 10.1. The van der Waals surface area contributed by atoms with E-state index in [-0.39, 0.29) is 10.8 Å². The van der Waals surface area contributed by atoms with E-state index < -0.39 is 15.1 Å². The van der Waals surface area contributed by atoms with Gasteiger partial charge in [-0.05, 0) is 62.2 Å². The van der Waals surface area contributed by atoms with E-state index in [2.05, 4.69) is 5.32 Å². The number of halogens is 2. The fourth-order valence-corrected chi connectivity index (χ4v) is 3.77. The molecule has 0 fully saturated rings. The van der Waals surface area contributed by atoms with Crippen LogP contribution in [0.5, 0.6) is 0 Å². The summed E-state index contributed by atoms with van der Waals surface area (Å²) in [6, 6.07) is 11.2. The van der Waals surface area contributed by atoms with E-state index in [4.69, 9.17) is 23.2 Å². The van der Waals surface area contributed by atoms with Gasteiger partial charge in [-0.2, -0.15) is 0 Å². The zero-order chi connectivity index (χ0) is 18.6. The van der Waals surface area contributed by atoms with Crippen molar-refractivity contribution in [1.29, 1.82) is 0 Å². The molecule has 0 bridgehead atoms. The van der Waals surface area contributed by atoms with Crippen LogP contribution in [0.4, 0.5) is 0 Å². The number of rotatable bonds is 6. The maximum atomic E-state index is 12.2. The summed E-state index contributed by atoms with van der Waals surface area (Å²) in [5.41, 5.74) is 1.30. The van der Waals surface area contributed by atoms with Gasteiger partial charge in [0.25, 0.3) is 5.91 Å². The molecule has 0 aromatic heterocycles. The Hall–Kier alpha value is -1.56. The van der Waals surface area contributed by atoms with Crippen LogP contribution >= 0.6 is 23.2 Å². The molecule has 0 aliphatic rings. The summed E-state index contributed by atoms with van der Waals surface area (Å²) in [4.78, 5) is 12.4. The smallest absolute Gasteiger partial charge is 0.251 e. The molecule has 4 nitrogen and oxygen atoms in total. The van der Waals surface area contributed by atoms with E-state index in [1.807, 2.05) is 6.07 Å². The largest absolute Gasteiger partial charge is 0.352 e. The molecular weight excluding hydrogens is 381 g/mol. The van der Waals surface area contributed by atoms with Gasteiger partial charge >= 0.3 is 0 Å². The molecule has 0 spiro atoms. The van der Waals surface area contributed by atoms with Gasteiger partial charge in [0.1, 0.15) is 0 Å². The third-order valence-corrected chi connectivity index (χ3v) is 6.52. The van der Waals surface area contributed by atoms with Crippen molar-refractivity contribution in [3.05, 3.63) is 63.6 Å². The number of hydrogen-bond acceptors (Lipinski definition) is 3. The quantitative estimate of drug-likeness (QED) is 0.793. The predicted octanol–water partition coefficient (Wildman–Crippen LogP) is 4.15. The van der Waals surface area contributed by atoms with Crippen molar-refractivity contribution >= 4 is 38.9 Å². The van der Waals surface area contributed by atoms with Gasteiger partial charge in [0.15, 0.2) is 9.84 Å². The Morgan fingerprint density at radius 2 is 1.72 bits per heavy atom. The van der Waals surface area contributed by atoms with Gasteiger partial charge in [-0.1, -0.05) is 29.3 Å². The van der Waals surface area contributed by atoms with Crippen LogP contribution in [0.25, 0.3) is 0 Å². The minimum absolute atomic E-state index is 0.215. The molecule has 25 heavy (non-hydrogen) atoms. The second kappa shape index (κ2) is 8.21. The highest BCUT2D eigenvalue weighted by Gasteiger charge is 2.19. The Morgan fingerprint density at radius 1 is 1.08 bits per heavy atom. The minimum atomic E-state index is -3.34. The van der Waals surface area contributed by atoms with E-state index in [1.54, 1.807) is 26.0 Å². The molecule has 134 valence electrons. The predicted molar refractivity (Wildman–Crippen MR) is 101 cm³/mol. The molecule has 0 radical (unpaired) electrons. The van der Waals surface area contributed by atoms with Crippen molar-refractivity contribution in [3.8, 4) is 0 Å². The first-order chi connectivity index (χ1) is 11.7. The van der Waals surface area contributed by atoms with Gasteiger partial charge in [0, 0.05) is 22.2 Å². The Morgan fingerprint density at radius 3 is 2.28 bits per heavy atom. The second-order valence-corrected chi connectivity index (χ2v) is 9.21. The lowest BCUT2D eigenvalue weighted by Gasteiger charge is -2.09. The molecule has 2 rings (SSSR count). The molecule has 0 saturated carbocycles. The molecule has 2 aromatic carbocycles. The lowest BCUT2D eigenvalue weighted by atomic mass is 10.1. The van der Waals surface area contributed by atoms with Crippen molar-refractivity contribution in [1.82, 2.24) is 5.32 Å². The Kier molecular flexibility index (Phi) is 6.49. The zero-order valence-corrected chi connectivity index (χ0v) is 16.3. The molecule has 0 unspecified atom stereocenters. The second-order valence-electron chi connectivity index (χ2n) is 5.86. The van der Waals surface area contributed by atoms with E-state index >= 15 is 0 Å². The van der Waals surface area contributed by atoms with Crippen LogP contribution in [-0.2, 0) is 16.3 Å². The number of sulfone groups is 1. The number of nitrogens with one attached hydrogen (secondary N) is 1. The molecule has 0 saturated heterocycles. The summed E-state index contributed by atoms with van der Waals surface area (Å²) < 4.78 is 24.2. The van der Waals surface area contributed by atoms with E-state index in [0.29, 0.717) is 28.6 Å². The molecule has 7 heteroatoms. The number of carbonyl (C=O) groups excluding carboxylic acids is 1. The van der Waals surface area contributed by atoms with Crippen LogP contribution in [0.1, 0.15) is 29.8 Å². The van der Waals surface area contributed by atoms with Crippen molar-refractivity contribution in [2.24, 2.45) is 0 Å². The number of benzene rings is 2. The van der Waals surface area contributed by atoms with Gasteiger partial charge in [-0.15, -0.1) is 0 Å². The molecule has 0 aliphatic heterocycles. The van der Waals surface area contributed by atoms with Gasteiger partial charge < -0.3 is 5.32 Å². The minimum Gasteiger partial charge on any atom is -0.352 e. The molecule has 0 aliphatic carbocycles. The summed E-state index contributed by atoms with van der Waals surface area (Å²) in [6.07, 6.45) is 0.571. The average Bonchev–Trinajstić information content (AvgIpc) is 2.56. The van der Waals surface area contributed by atoms with Gasteiger partial charge in [-0.25, -0.2) is 8.42 Å². The highest BCUT2D eigenvalue weighted by atomic mass is 35.5. The Labute approximate surface area is 158 Å². The van der Waals surface area contributed by atoms with Crippen LogP contribution in [-0.4, -0.2) is 26.1 Å². The maximum Gasteiger partial charge on any atom is 0.251 e. The molecule has 1 amide bonds. The molecule has 0 atom stereocenters. The monoisotopic (exact) mass is 399 g/mol. The topological polar surface area (TPSA) is 63.2 Å². The summed E-state index contributed by atoms with van der Waals surface area (Å²) in [5.74, 6) is -0.265. The van der Waals surface area contributed by atoms with Gasteiger partial charge in [-0.3, -0.25) is 4.79 Å². The van der Waals surface area contributed by atoms with E-state index in [0.717, 1.165) is 5.56 Å². The van der Waals surface area contributed by atoms with Crippen LogP contribution in [0, 0.1) is 0 Å². The van der Waals surface area contributed by atoms with Crippen LogP contribution < -0.4 is 5.32 Å². The Balaban J connectivity index is 1.97. The number of hydrogen-bond donors (Lipinski definition) is 1. The SMILES string of the molecule is CC(C)S(=O)(=O)c1ccc(C(=O)NCCc2ccc(Cl)cc2Cl)cc1. The van der Waals surface area contributed by atoms with Crippen LogP contribution in [0.2, 0.25) is 10.0 Å². The Bertz CT molecular complexity index is 862. The molecule has 1 N–H and O–H groups in total. The highest BCUT2D eigenvalue weighted by molar-refractivity contribution is 7.92. The standard InChI is InChI=1S/C18H19Cl2NO3S/c1-12(2)25(23,24)16-7-4-14(5-8-16)18(22)21-10-9-13-3-6-15(19)11-17(13)20/h3-8,11-12H,9-10H2,1-2H3,(H,21,22). The van der Waals surface area contributed by atoms with E-state index in [9.17, 15) is 13.2 Å². The summed E-state index contributed by atoms with van der Waals surface area (Å²) in [6.45, 7) is 3.65. The fourth-order valence-electron chi connectivity index (χ4n) is 2.21. The third-order valence-electron chi connectivity index (χ3n) is 3.76. The number of amides is 1. The van der Waals surface area contributed by atoms with E-state index in [1.165, 1.54) is 24.3 Å². The maximum absolute atomic E-state index is 12.2. The highest BCUT2D eigenvalue weighted by Crippen LogP contribution is 2.21. The molecule has 0 heterocycles.